The topological polar surface area (TPSA) is 124 Å². The van der Waals surface area contributed by atoms with Gasteiger partial charge in [-0.2, -0.15) is 0 Å². The number of nitrogens with one attached hydrogen (secondary N) is 1. The van der Waals surface area contributed by atoms with E-state index in [4.69, 9.17) is 17.2 Å². The Morgan fingerprint density at radius 3 is 2.29 bits per heavy atom. The van der Waals surface area contributed by atoms with Gasteiger partial charge in [0.2, 0.25) is 11.8 Å². The van der Waals surface area contributed by atoms with E-state index < -0.39 is 6.04 Å². The van der Waals surface area contributed by atoms with Crippen molar-refractivity contribution in [3.63, 3.8) is 0 Å². The largest absolute Gasteiger partial charge is 0.369 e. The Morgan fingerprint density at radius 2 is 1.81 bits per heavy atom. The van der Waals surface area contributed by atoms with Crippen LogP contribution in [0.25, 0.3) is 0 Å². The third-order valence-electron chi connectivity index (χ3n) is 3.35. The normalized spacial score (nSPS) is 13.6. The second-order valence-electron chi connectivity index (χ2n) is 5.16. The van der Waals surface area contributed by atoms with Gasteiger partial charge in [0, 0.05) is 6.04 Å². The molecule has 2 unspecified atom stereocenters. The van der Waals surface area contributed by atoms with E-state index in [1.807, 2.05) is 31.2 Å². The van der Waals surface area contributed by atoms with E-state index in [9.17, 15) is 9.59 Å². The number of nitrogens with two attached hydrogens (primary N) is 3. The molecule has 116 valence electrons. The van der Waals surface area contributed by atoms with Gasteiger partial charge in [-0.1, -0.05) is 24.3 Å². The zero-order valence-electron chi connectivity index (χ0n) is 12.3. The molecule has 2 amide bonds. The van der Waals surface area contributed by atoms with Crippen molar-refractivity contribution < 1.29 is 9.59 Å². The fourth-order valence-electron chi connectivity index (χ4n) is 2.15. The SMILES string of the molecule is CC(NC(CCCN)C(N)=O)c1ccc(CC(N)=O)cc1. The van der Waals surface area contributed by atoms with Crippen molar-refractivity contribution in [1.29, 1.82) is 0 Å². The molecule has 1 aromatic rings. The Morgan fingerprint density at radius 1 is 1.19 bits per heavy atom. The van der Waals surface area contributed by atoms with Crippen LogP contribution in [0.5, 0.6) is 0 Å². The van der Waals surface area contributed by atoms with Crippen LogP contribution in [-0.2, 0) is 16.0 Å². The molecule has 6 nitrogen and oxygen atoms in total. The molecule has 0 aliphatic carbocycles. The van der Waals surface area contributed by atoms with Crippen LogP contribution in [0.3, 0.4) is 0 Å². The summed E-state index contributed by atoms with van der Waals surface area (Å²) in [4.78, 5) is 22.3. The third-order valence-corrected chi connectivity index (χ3v) is 3.35. The summed E-state index contributed by atoms with van der Waals surface area (Å²) in [5.41, 5.74) is 17.9. The van der Waals surface area contributed by atoms with Gasteiger partial charge in [0.1, 0.15) is 0 Å². The highest BCUT2D eigenvalue weighted by Crippen LogP contribution is 2.15. The average Bonchev–Trinajstić information content (AvgIpc) is 2.43. The summed E-state index contributed by atoms with van der Waals surface area (Å²) < 4.78 is 0. The molecule has 0 spiro atoms. The Kier molecular flexibility index (Phi) is 6.84. The molecule has 0 heterocycles. The van der Waals surface area contributed by atoms with E-state index in [1.165, 1.54) is 0 Å². The summed E-state index contributed by atoms with van der Waals surface area (Å²) in [5, 5.41) is 3.21. The fraction of sp³-hybridized carbons (Fsp3) is 0.467. The van der Waals surface area contributed by atoms with Gasteiger partial charge < -0.3 is 17.2 Å². The number of rotatable bonds is 9. The molecule has 21 heavy (non-hydrogen) atoms. The first-order chi connectivity index (χ1) is 9.93. The van der Waals surface area contributed by atoms with Gasteiger partial charge in [0.25, 0.3) is 0 Å². The van der Waals surface area contributed by atoms with Crippen molar-refractivity contribution >= 4 is 11.8 Å². The maximum atomic E-state index is 11.4. The average molecular weight is 292 g/mol. The van der Waals surface area contributed by atoms with Crippen molar-refractivity contribution in [3.8, 4) is 0 Å². The van der Waals surface area contributed by atoms with Crippen molar-refractivity contribution in [1.82, 2.24) is 5.32 Å². The molecule has 6 heteroatoms. The first kappa shape index (κ1) is 17.1. The zero-order chi connectivity index (χ0) is 15.8. The predicted octanol–water partition coefficient (Wildman–Crippen LogP) is -0.0422. The summed E-state index contributed by atoms with van der Waals surface area (Å²) >= 11 is 0. The minimum atomic E-state index is -0.395. The minimum absolute atomic E-state index is 0.0251. The molecule has 0 radical (unpaired) electrons. The van der Waals surface area contributed by atoms with E-state index in [2.05, 4.69) is 5.32 Å². The van der Waals surface area contributed by atoms with Crippen LogP contribution in [-0.4, -0.2) is 24.4 Å². The van der Waals surface area contributed by atoms with Crippen LogP contribution in [0.15, 0.2) is 24.3 Å². The molecule has 0 saturated heterocycles. The van der Waals surface area contributed by atoms with Gasteiger partial charge in [-0.15, -0.1) is 0 Å². The first-order valence-electron chi connectivity index (χ1n) is 7.06. The number of hydrogen-bond acceptors (Lipinski definition) is 4. The van der Waals surface area contributed by atoms with Crippen LogP contribution < -0.4 is 22.5 Å². The van der Waals surface area contributed by atoms with Crippen LogP contribution >= 0.6 is 0 Å². The van der Waals surface area contributed by atoms with E-state index in [0.29, 0.717) is 13.0 Å². The third kappa shape index (κ3) is 5.93. The van der Waals surface area contributed by atoms with E-state index in [-0.39, 0.29) is 24.3 Å². The summed E-state index contributed by atoms with van der Waals surface area (Å²) in [6.07, 6.45) is 1.59. The second-order valence-corrected chi connectivity index (χ2v) is 5.16. The van der Waals surface area contributed by atoms with Crippen LogP contribution in [0, 0.1) is 0 Å². The van der Waals surface area contributed by atoms with Gasteiger partial charge in [-0.25, -0.2) is 0 Å². The summed E-state index contributed by atoms with van der Waals surface area (Å²) in [7, 11) is 0. The Bertz CT molecular complexity index is 473. The van der Waals surface area contributed by atoms with Crippen molar-refractivity contribution in [3.05, 3.63) is 35.4 Å². The lowest BCUT2D eigenvalue weighted by atomic mass is 10.0. The lowest BCUT2D eigenvalue weighted by Gasteiger charge is -2.21. The lowest BCUT2D eigenvalue weighted by molar-refractivity contribution is -0.120. The van der Waals surface area contributed by atoms with Crippen LogP contribution in [0.4, 0.5) is 0 Å². The van der Waals surface area contributed by atoms with E-state index >= 15 is 0 Å². The Balaban J connectivity index is 2.66. The van der Waals surface area contributed by atoms with Gasteiger partial charge in [0.05, 0.1) is 12.5 Å². The molecule has 2 atom stereocenters. The number of carbonyl (C=O) groups is 2. The van der Waals surface area contributed by atoms with Gasteiger partial charge >= 0.3 is 0 Å². The Labute approximate surface area is 125 Å². The molecule has 0 aliphatic rings. The van der Waals surface area contributed by atoms with Gasteiger partial charge in [0.15, 0.2) is 0 Å². The summed E-state index contributed by atoms with van der Waals surface area (Å²) in [6, 6.07) is 7.12. The summed E-state index contributed by atoms with van der Waals surface area (Å²) in [5.74, 6) is -0.731. The molecule has 0 fully saturated rings. The standard InChI is InChI=1S/C15H24N4O2/c1-10(19-13(15(18)21)3-2-8-16)12-6-4-11(5-7-12)9-14(17)20/h4-7,10,13,19H,2-3,8-9,16H2,1H3,(H2,17,20)(H2,18,21). The molecule has 0 aliphatic heterocycles. The molecule has 0 saturated carbocycles. The minimum Gasteiger partial charge on any atom is -0.369 e. The monoisotopic (exact) mass is 292 g/mol. The quantitative estimate of drug-likeness (QED) is 0.509. The van der Waals surface area contributed by atoms with Crippen LogP contribution in [0.1, 0.15) is 36.9 Å². The highest BCUT2D eigenvalue weighted by atomic mass is 16.1. The van der Waals surface area contributed by atoms with E-state index in [1.54, 1.807) is 0 Å². The predicted molar refractivity (Wildman–Crippen MR) is 82.2 cm³/mol. The molecule has 1 aromatic carbocycles. The molecule has 0 aromatic heterocycles. The molecule has 7 N–H and O–H groups in total. The maximum absolute atomic E-state index is 11.4. The molecule has 0 bridgehead atoms. The second kappa shape index (κ2) is 8.39. The zero-order valence-corrected chi connectivity index (χ0v) is 12.3. The smallest absolute Gasteiger partial charge is 0.234 e. The van der Waals surface area contributed by atoms with Crippen molar-refractivity contribution in [2.24, 2.45) is 17.2 Å². The van der Waals surface area contributed by atoms with E-state index in [0.717, 1.165) is 17.5 Å². The number of amides is 2. The van der Waals surface area contributed by atoms with Gasteiger partial charge in [-0.05, 0) is 37.4 Å². The maximum Gasteiger partial charge on any atom is 0.234 e. The van der Waals surface area contributed by atoms with Crippen LogP contribution in [0.2, 0.25) is 0 Å². The molecule has 1 rings (SSSR count). The lowest BCUT2D eigenvalue weighted by Crippen LogP contribution is -2.42. The molecular formula is C15H24N4O2. The highest BCUT2D eigenvalue weighted by Gasteiger charge is 2.17. The van der Waals surface area contributed by atoms with Gasteiger partial charge in [-0.3, -0.25) is 14.9 Å². The highest BCUT2D eigenvalue weighted by molar-refractivity contribution is 5.79. The van der Waals surface area contributed by atoms with Crippen molar-refractivity contribution in [2.45, 2.75) is 38.3 Å². The number of carbonyl (C=O) groups excluding carboxylic acids is 2. The number of hydrogen-bond donors (Lipinski definition) is 4. The van der Waals surface area contributed by atoms with Crippen molar-refractivity contribution in [2.75, 3.05) is 6.54 Å². The molecular weight excluding hydrogens is 268 g/mol. The fourth-order valence-corrected chi connectivity index (χ4v) is 2.15. The number of primary amides is 2. The summed E-state index contributed by atoms with van der Waals surface area (Å²) in [6.45, 7) is 2.49. The number of benzene rings is 1. The Hall–Kier alpha value is -1.92. The first-order valence-corrected chi connectivity index (χ1v) is 7.06.